The first-order chi connectivity index (χ1) is 10.4. The predicted molar refractivity (Wildman–Crippen MR) is 86.5 cm³/mol. The highest BCUT2D eigenvalue weighted by Crippen LogP contribution is 2.17. The summed E-state index contributed by atoms with van der Waals surface area (Å²) in [5.41, 5.74) is 1.25. The molecule has 0 saturated carbocycles. The van der Waals surface area contributed by atoms with Gasteiger partial charge in [-0.25, -0.2) is 13.1 Å². The van der Waals surface area contributed by atoms with Crippen LogP contribution in [0.25, 0.3) is 0 Å². The maximum Gasteiger partial charge on any atom is 0.240 e. The topological polar surface area (TPSA) is 75.3 Å². The number of hydrogen-bond acceptors (Lipinski definition) is 3. The van der Waals surface area contributed by atoms with E-state index in [1.54, 1.807) is 18.2 Å². The number of nitrogens with one attached hydrogen (secondary N) is 2. The molecule has 0 aliphatic heterocycles. The molecule has 0 heterocycles. The maximum atomic E-state index is 12.0. The molecule has 0 saturated heterocycles. The van der Waals surface area contributed by atoms with Crippen molar-refractivity contribution in [3.63, 3.8) is 0 Å². The van der Waals surface area contributed by atoms with Crippen LogP contribution in [0.2, 0.25) is 5.02 Å². The highest BCUT2D eigenvalue weighted by molar-refractivity contribution is 7.89. The maximum absolute atomic E-state index is 12.0. The molecule has 5 nitrogen and oxygen atoms in total. The monoisotopic (exact) mass is 338 g/mol. The van der Waals surface area contributed by atoms with E-state index in [4.69, 9.17) is 11.6 Å². The molecule has 0 fully saturated rings. The number of benzene rings is 2. The number of amides is 1. The number of carbonyl (C=O) groups excluding carboxylic acids is 1. The third kappa shape index (κ3) is 4.07. The second-order valence-corrected chi connectivity index (χ2v) is 6.84. The Morgan fingerprint density at radius 1 is 1.09 bits per heavy atom. The molecule has 2 rings (SSSR count). The zero-order chi connectivity index (χ0) is 16.2. The minimum Gasteiger partial charge on any atom is -0.326 e. The molecule has 7 heteroatoms. The Hall–Kier alpha value is -1.89. The number of halogens is 1. The van der Waals surface area contributed by atoms with Crippen LogP contribution < -0.4 is 10.0 Å². The summed E-state index contributed by atoms with van der Waals surface area (Å²) in [6.45, 7) is 0. The summed E-state index contributed by atoms with van der Waals surface area (Å²) < 4.78 is 25.4. The Labute approximate surface area is 134 Å². The van der Waals surface area contributed by atoms with Crippen LogP contribution in [0.3, 0.4) is 0 Å². The highest BCUT2D eigenvalue weighted by Gasteiger charge is 2.11. The fraction of sp³-hybridized carbons (Fsp3) is 0.133. The molecule has 0 spiro atoms. The Bertz CT molecular complexity index is 774. The van der Waals surface area contributed by atoms with E-state index in [0.717, 1.165) is 5.56 Å². The molecule has 0 aromatic heterocycles. The van der Waals surface area contributed by atoms with Crippen molar-refractivity contribution in [2.45, 2.75) is 11.3 Å². The van der Waals surface area contributed by atoms with E-state index in [-0.39, 0.29) is 17.2 Å². The minimum absolute atomic E-state index is 0.138. The van der Waals surface area contributed by atoms with Crippen LogP contribution in [0.15, 0.2) is 53.4 Å². The molecule has 22 heavy (non-hydrogen) atoms. The zero-order valence-electron chi connectivity index (χ0n) is 11.8. The summed E-state index contributed by atoms with van der Waals surface area (Å²) in [5, 5.41) is 3.24. The SMILES string of the molecule is CNS(=O)(=O)c1ccc(NC(=O)Cc2ccccc2Cl)cc1. The molecule has 2 aromatic carbocycles. The Morgan fingerprint density at radius 3 is 2.32 bits per heavy atom. The number of sulfonamides is 1. The van der Waals surface area contributed by atoms with Gasteiger partial charge in [-0.2, -0.15) is 0 Å². The summed E-state index contributed by atoms with van der Waals surface area (Å²) in [7, 11) is -2.14. The van der Waals surface area contributed by atoms with E-state index in [1.807, 2.05) is 6.07 Å². The summed E-state index contributed by atoms with van der Waals surface area (Å²) in [6.07, 6.45) is 0.149. The molecule has 0 bridgehead atoms. The predicted octanol–water partition coefficient (Wildman–Crippen LogP) is 2.43. The van der Waals surface area contributed by atoms with E-state index < -0.39 is 10.0 Å². The summed E-state index contributed by atoms with van der Waals surface area (Å²) in [6, 6.07) is 13.0. The van der Waals surface area contributed by atoms with Crippen LogP contribution in [-0.2, 0) is 21.2 Å². The van der Waals surface area contributed by atoms with E-state index in [1.165, 1.54) is 31.3 Å². The normalized spacial score (nSPS) is 11.2. The van der Waals surface area contributed by atoms with Gasteiger partial charge in [-0.15, -0.1) is 0 Å². The van der Waals surface area contributed by atoms with E-state index in [2.05, 4.69) is 10.0 Å². The first-order valence-corrected chi connectivity index (χ1v) is 8.35. The van der Waals surface area contributed by atoms with Crippen LogP contribution in [0.4, 0.5) is 5.69 Å². The highest BCUT2D eigenvalue weighted by atomic mass is 35.5. The third-order valence-electron chi connectivity index (χ3n) is 3.03. The number of hydrogen-bond donors (Lipinski definition) is 2. The molecule has 0 aliphatic carbocycles. The van der Waals surface area contributed by atoms with Crippen molar-refractivity contribution >= 4 is 33.2 Å². The molecular formula is C15H15ClN2O3S. The number of rotatable bonds is 5. The van der Waals surface area contributed by atoms with Gasteiger partial charge < -0.3 is 5.32 Å². The van der Waals surface area contributed by atoms with Crippen molar-refractivity contribution in [1.29, 1.82) is 0 Å². The lowest BCUT2D eigenvalue weighted by Gasteiger charge is -2.08. The fourth-order valence-corrected chi connectivity index (χ4v) is 2.79. The molecule has 116 valence electrons. The van der Waals surface area contributed by atoms with E-state index in [0.29, 0.717) is 10.7 Å². The molecular weight excluding hydrogens is 324 g/mol. The second kappa shape index (κ2) is 6.91. The van der Waals surface area contributed by atoms with E-state index >= 15 is 0 Å². The Morgan fingerprint density at radius 2 is 1.73 bits per heavy atom. The van der Waals surface area contributed by atoms with Gasteiger partial charge in [0.05, 0.1) is 11.3 Å². The smallest absolute Gasteiger partial charge is 0.240 e. The van der Waals surface area contributed by atoms with Gasteiger partial charge in [0.1, 0.15) is 0 Å². The van der Waals surface area contributed by atoms with Crippen molar-refractivity contribution in [3.05, 3.63) is 59.1 Å². The summed E-state index contributed by atoms with van der Waals surface area (Å²) in [4.78, 5) is 12.1. The average Bonchev–Trinajstić information content (AvgIpc) is 2.50. The Kier molecular flexibility index (Phi) is 5.18. The first-order valence-electron chi connectivity index (χ1n) is 6.49. The largest absolute Gasteiger partial charge is 0.326 e. The van der Waals surface area contributed by atoms with Gasteiger partial charge in [0.2, 0.25) is 15.9 Å². The third-order valence-corrected chi connectivity index (χ3v) is 4.82. The molecule has 0 unspecified atom stereocenters. The molecule has 0 radical (unpaired) electrons. The fourth-order valence-electron chi connectivity index (χ4n) is 1.86. The van der Waals surface area contributed by atoms with Gasteiger partial charge in [-0.05, 0) is 42.9 Å². The minimum atomic E-state index is -3.48. The average molecular weight is 339 g/mol. The van der Waals surface area contributed by atoms with Crippen molar-refractivity contribution in [3.8, 4) is 0 Å². The lowest BCUT2D eigenvalue weighted by Crippen LogP contribution is -2.18. The van der Waals surface area contributed by atoms with Crippen LogP contribution in [0.1, 0.15) is 5.56 Å². The Balaban J connectivity index is 2.05. The van der Waals surface area contributed by atoms with Gasteiger partial charge in [-0.1, -0.05) is 29.8 Å². The number of anilines is 1. The first kappa shape index (κ1) is 16.5. The molecule has 0 atom stereocenters. The molecule has 2 aromatic rings. The van der Waals surface area contributed by atoms with Crippen molar-refractivity contribution < 1.29 is 13.2 Å². The molecule has 1 amide bonds. The number of carbonyl (C=O) groups is 1. The van der Waals surface area contributed by atoms with Crippen LogP contribution in [-0.4, -0.2) is 21.4 Å². The quantitative estimate of drug-likeness (QED) is 0.879. The van der Waals surface area contributed by atoms with Crippen LogP contribution in [0, 0.1) is 0 Å². The van der Waals surface area contributed by atoms with Crippen LogP contribution in [0.5, 0.6) is 0 Å². The summed E-state index contributed by atoms with van der Waals surface area (Å²) >= 11 is 6.00. The van der Waals surface area contributed by atoms with E-state index in [9.17, 15) is 13.2 Å². The summed E-state index contributed by atoms with van der Waals surface area (Å²) in [5.74, 6) is -0.225. The van der Waals surface area contributed by atoms with Gasteiger partial charge >= 0.3 is 0 Å². The lowest BCUT2D eigenvalue weighted by atomic mass is 10.1. The second-order valence-electron chi connectivity index (χ2n) is 4.55. The van der Waals surface area contributed by atoms with Gasteiger partial charge in [0.25, 0.3) is 0 Å². The van der Waals surface area contributed by atoms with Crippen LogP contribution >= 0.6 is 11.6 Å². The zero-order valence-corrected chi connectivity index (χ0v) is 13.4. The van der Waals surface area contributed by atoms with Crippen molar-refractivity contribution in [2.24, 2.45) is 0 Å². The van der Waals surface area contributed by atoms with Crippen molar-refractivity contribution in [1.82, 2.24) is 4.72 Å². The van der Waals surface area contributed by atoms with Gasteiger partial charge in [0, 0.05) is 10.7 Å². The molecule has 2 N–H and O–H groups in total. The molecule has 0 aliphatic rings. The van der Waals surface area contributed by atoms with Gasteiger partial charge in [0.15, 0.2) is 0 Å². The lowest BCUT2D eigenvalue weighted by molar-refractivity contribution is -0.115. The van der Waals surface area contributed by atoms with Gasteiger partial charge in [-0.3, -0.25) is 4.79 Å². The standard InChI is InChI=1S/C15H15ClN2O3S/c1-17-22(20,21)13-8-6-12(7-9-13)18-15(19)10-11-4-2-3-5-14(11)16/h2-9,17H,10H2,1H3,(H,18,19). The van der Waals surface area contributed by atoms with Crippen molar-refractivity contribution in [2.75, 3.05) is 12.4 Å².